The van der Waals surface area contributed by atoms with Crippen LogP contribution < -0.4 is 10.2 Å². The van der Waals surface area contributed by atoms with Crippen LogP contribution in [-0.2, 0) is 0 Å². The number of benzene rings is 1. The van der Waals surface area contributed by atoms with Crippen molar-refractivity contribution in [3.05, 3.63) is 63.2 Å². The third-order valence-electron chi connectivity index (χ3n) is 5.23. The highest BCUT2D eigenvalue weighted by atomic mass is 35.5. The predicted molar refractivity (Wildman–Crippen MR) is 123 cm³/mol. The molecule has 156 valence electrons. The first-order chi connectivity index (χ1) is 14.4. The van der Waals surface area contributed by atoms with E-state index in [9.17, 15) is 4.79 Å². The van der Waals surface area contributed by atoms with Crippen molar-refractivity contribution in [2.45, 2.75) is 20.8 Å². The van der Waals surface area contributed by atoms with E-state index in [4.69, 9.17) is 11.6 Å². The van der Waals surface area contributed by atoms with Crippen LogP contribution in [0.15, 0.2) is 36.5 Å². The molecule has 0 spiro atoms. The van der Waals surface area contributed by atoms with E-state index in [0.717, 1.165) is 18.8 Å². The fourth-order valence-electron chi connectivity index (χ4n) is 3.56. The molecule has 0 radical (unpaired) electrons. The molecule has 0 saturated carbocycles. The maximum Gasteiger partial charge on any atom is 0.266 e. The van der Waals surface area contributed by atoms with Gasteiger partial charge < -0.3 is 15.1 Å². The third kappa shape index (κ3) is 4.42. The molecule has 1 saturated heterocycles. The van der Waals surface area contributed by atoms with Gasteiger partial charge in [0.2, 0.25) is 0 Å². The van der Waals surface area contributed by atoms with E-state index in [-0.39, 0.29) is 5.91 Å². The smallest absolute Gasteiger partial charge is 0.266 e. The number of nitrogens with zero attached hydrogens (tertiary/aromatic N) is 4. The number of anilines is 3. The number of carbonyl (C=O) groups is 1. The number of pyridine rings is 1. The van der Waals surface area contributed by atoms with Crippen molar-refractivity contribution in [1.82, 2.24) is 14.9 Å². The number of hydrogen-bond acceptors (Lipinski definition) is 6. The monoisotopic (exact) mass is 441 g/mol. The summed E-state index contributed by atoms with van der Waals surface area (Å²) in [6.07, 6.45) is 1.58. The van der Waals surface area contributed by atoms with Crippen LogP contribution >= 0.6 is 22.9 Å². The van der Waals surface area contributed by atoms with Gasteiger partial charge in [0.15, 0.2) is 5.13 Å². The number of aromatic nitrogens is 2. The highest BCUT2D eigenvalue weighted by Crippen LogP contribution is 2.28. The molecule has 0 atom stereocenters. The van der Waals surface area contributed by atoms with Crippen LogP contribution in [0.25, 0.3) is 0 Å². The van der Waals surface area contributed by atoms with Crippen LogP contribution in [-0.4, -0.2) is 47.0 Å². The van der Waals surface area contributed by atoms with E-state index < -0.39 is 0 Å². The molecule has 0 aliphatic carbocycles. The molecule has 1 N–H and O–H groups in total. The lowest BCUT2D eigenvalue weighted by molar-refractivity contribution is 0.0750. The van der Waals surface area contributed by atoms with E-state index in [2.05, 4.69) is 52.2 Å². The van der Waals surface area contributed by atoms with Crippen LogP contribution in [0.2, 0.25) is 5.02 Å². The molecular weight excluding hydrogens is 418 g/mol. The minimum atomic E-state index is 0.0442. The Balaban J connectivity index is 1.42. The van der Waals surface area contributed by atoms with Gasteiger partial charge in [-0.2, -0.15) is 0 Å². The van der Waals surface area contributed by atoms with Gasteiger partial charge in [0.05, 0.1) is 10.7 Å². The molecular formula is C22H24ClN5OS. The van der Waals surface area contributed by atoms with Gasteiger partial charge >= 0.3 is 0 Å². The van der Waals surface area contributed by atoms with E-state index >= 15 is 0 Å². The van der Waals surface area contributed by atoms with Gasteiger partial charge in [-0.3, -0.25) is 4.79 Å². The molecule has 3 aromatic rings. The Morgan fingerprint density at radius 3 is 2.57 bits per heavy atom. The molecule has 0 bridgehead atoms. The SMILES string of the molecule is Cc1ccc(C)c(N2CCN(C(=O)c3sc(Nc4ccc(Cl)cn4)nc3C)CC2)c1. The lowest BCUT2D eigenvalue weighted by Crippen LogP contribution is -2.49. The number of carbonyl (C=O) groups excluding carboxylic acids is 1. The van der Waals surface area contributed by atoms with Crippen molar-refractivity contribution in [3.63, 3.8) is 0 Å². The first kappa shape index (κ1) is 20.6. The largest absolute Gasteiger partial charge is 0.368 e. The summed E-state index contributed by atoms with van der Waals surface area (Å²) in [5, 5.41) is 4.38. The third-order valence-corrected chi connectivity index (χ3v) is 6.51. The Hall–Kier alpha value is -2.64. The second-order valence-corrected chi connectivity index (χ2v) is 8.92. The van der Waals surface area contributed by atoms with Gasteiger partial charge in [-0.15, -0.1) is 0 Å². The van der Waals surface area contributed by atoms with Crippen molar-refractivity contribution >= 4 is 45.5 Å². The Kier molecular flexibility index (Phi) is 5.92. The maximum atomic E-state index is 13.1. The summed E-state index contributed by atoms with van der Waals surface area (Å²) in [7, 11) is 0. The molecule has 8 heteroatoms. The molecule has 1 aromatic carbocycles. The zero-order chi connectivity index (χ0) is 21.3. The number of amides is 1. The summed E-state index contributed by atoms with van der Waals surface area (Å²) in [5.74, 6) is 0.692. The lowest BCUT2D eigenvalue weighted by Gasteiger charge is -2.36. The quantitative estimate of drug-likeness (QED) is 0.628. The molecule has 0 unspecified atom stereocenters. The summed E-state index contributed by atoms with van der Waals surface area (Å²) < 4.78 is 0. The van der Waals surface area contributed by atoms with Gasteiger partial charge in [0.25, 0.3) is 5.91 Å². The molecule has 1 fully saturated rings. The number of piperazine rings is 1. The van der Waals surface area contributed by atoms with Gasteiger partial charge in [0, 0.05) is 38.1 Å². The standard InChI is InChI=1S/C22H24ClN5OS/c1-14-4-5-15(2)18(12-14)27-8-10-28(11-9-27)21(29)20-16(3)25-22(30-20)26-19-7-6-17(23)13-24-19/h4-7,12-13H,8-11H2,1-3H3,(H,24,25,26). The Bertz CT molecular complexity index is 1060. The second kappa shape index (κ2) is 8.62. The van der Waals surface area contributed by atoms with Crippen LogP contribution in [0.4, 0.5) is 16.6 Å². The van der Waals surface area contributed by atoms with Crippen LogP contribution in [0.3, 0.4) is 0 Å². The van der Waals surface area contributed by atoms with Crippen molar-refractivity contribution in [2.75, 3.05) is 36.4 Å². The summed E-state index contributed by atoms with van der Waals surface area (Å²) in [5.41, 5.74) is 4.52. The lowest BCUT2D eigenvalue weighted by atomic mass is 10.1. The fourth-order valence-corrected chi connectivity index (χ4v) is 4.61. The maximum absolute atomic E-state index is 13.1. The number of thiazole rings is 1. The predicted octanol–water partition coefficient (Wildman–Crippen LogP) is 4.82. The first-order valence-electron chi connectivity index (χ1n) is 9.88. The summed E-state index contributed by atoms with van der Waals surface area (Å²) in [4.78, 5) is 26.8. The highest BCUT2D eigenvalue weighted by molar-refractivity contribution is 7.17. The summed E-state index contributed by atoms with van der Waals surface area (Å²) in [6.45, 7) is 9.17. The van der Waals surface area contributed by atoms with Crippen molar-refractivity contribution in [3.8, 4) is 0 Å². The normalized spacial score (nSPS) is 14.1. The first-order valence-corrected chi connectivity index (χ1v) is 11.1. The fraction of sp³-hybridized carbons (Fsp3) is 0.318. The van der Waals surface area contributed by atoms with Gasteiger partial charge in [-0.05, 0) is 50.1 Å². The Labute approximate surface area is 185 Å². The van der Waals surface area contributed by atoms with Crippen molar-refractivity contribution in [2.24, 2.45) is 0 Å². The van der Waals surface area contributed by atoms with E-state index in [1.807, 2.05) is 11.8 Å². The number of halogens is 1. The van der Waals surface area contributed by atoms with Crippen molar-refractivity contribution < 1.29 is 4.79 Å². The van der Waals surface area contributed by atoms with Gasteiger partial charge in [-0.25, -0.2) is 9.97 Å². The van der Waals surface area contributed by atoms with Crippen LogP contribution in [0.1, 0.15) is 26.5 Å². The molecule has 1 aliphatic rings. The molecule has 3 heterocycles. The number of rotatable bonds is 4. The summed E-state index contributed by atoms with van der Waals surface area (Å²) >= 11 is 7.24. The molecule has 4 rings (SSSR count). The number of nitrogens with one attached hydrogen (secondary N) is 1. The minimum Gasteiger partial charge on any atom is -0.368 e. The average Bonchev–Trinajstić information content (AvgIpc) is 3.11. The summed E-state index contributed by atoms with van der Waals surface area (Å²) in [6, 6.07) is 10.1. The van der Waals surface area contributed by atoms with Gasteiger partial charge in [0.1, 0.15) is 10.7 Å². The van der Waals surface area contributed by atoms with E-state index in [1.165, 1.54) is 28.2 Å². The van der Waals surface area contributed by atoms with E-state index in [1.54, 1.807) is 18.3 Å². The average molecular weight is 442 g/mol. The second-order valence-electron chi connectivity index (χ2n) is 7.49. The van der Waals surface area contributed by atoms with Crippen LogP contribution in [0.5, 0.6) is 0 Å². The number of aryl methyl sites for hydroxylation is 3. The molecule has 30 heavy (non-hydrogen) atoms. The van der Waals surface area contributed by atoms with E-state index in [0.29, 0.717) is 33.9 Å². The topological polar surface area (TPSA) is 61.4 Å². The molecule has 6 nitrogen and oxygen atoms in total. The highest BCUT2D eigenvalue weighted by Gasteiger charge is 2.26. The van der Waals surface area contributed by atoms with Crippen molar-refractivity contribution in [1.29, 1.82) is 0 Å². The Morgan fingerprint density at radius 1 is 1.10 bits per heavy atom. The molecule has 1 aliphatic heterocycles. The molecule has 1 amide bonds. The van der Waals surface area contributed by atoms with Crippen LogP contribution in [0, 0.1) is 20.8 Å². The Morgan fingerprint density at radius 2 is 1.87 bits per heavy atom. The zero-order valence-electron chi connectivity index (χ0n) is 17.3. The zero-order valence-corrected chi connectivity index (χ0v) is 18.8. The number of hydrogen-bond donors (Lipinski definition) is 1. The molecule has 2 aromatic heterocycles. The van der Waals surface area contributed by atoms with Gasteiger partial charge in [-0.1, -0.05) is 35.1 Å². The minimum absolute atomic E-state index is 0.0442.